The van der Waals surface area contributed by atoms with E-state index in [0.29, 0.717) is 122 Å². The van der Waals surface area contributed by atoms with E-state index in [1.165, 1.54) is 0 Å². The molecule has 12 aromatic rings. The summed E-state index contributed by atoms with van der Waals surface area (Å²) >= 11 is 0. The molecule has 4 aliphatic heterocycles. The van der Waals surface area contributed by atoms with Gasteiger partial charge in [-0.3, -0.25) is 0 Å². The molecular weight excluding hydrogens is 1550 g/mol. The summed E-state index contributed by atoms with van der Waals surface area (Å²) in [5, 5.41) is 10.8. The van der Waals surface area contributed by atoms with E-state index < -0.39 is 0 Å². The van der Waals surface area contributed by atoms with Crippen LogP contribution in [0.5, 0.6) is 51.7 Å². The standard InChI is InChI=1S/C108H114N8O9/c1-62(2)54-118-80-41-73(42-81(50-80)119-55-63(3)4)105-88-27-23-77(109-88)49-78-24-28-89(110-78)106(74-43-82(120-56-64(5)6)51-83(44-74)121-57-65(7)8)97-36-30-91(112-97)102(90-29-35-96(105)111-90)70-17-19-71(20-18-70)103-92-31-37-98(113-92)107(75-45-84(122-58-66(9)10)52-85(46-75)123-59-67(11)12)100-39-33-94(115-100)104(72-21-25-79(117)26-22-72)95-34-40-101(116-95)108(99-38-32-93(103)114-99)76-47-86(124-60-68(13)14)53-87(48-76)125-61-69(15)16/h17-53,62-69,109,112-113,116-117H,54-61H2,1-16H3. The number of phenolic OH excluding ortho intramolecular Hbond substituents is 1. The Labute approximate surface area is 733 Å². The highest BCUT2D eigenvalue weighted by Crippen LogP contribution is 2.46. The predicted octanol–water partition coefficient (Wildman–Crippen LogP) is 27.3. The largest absolute Gasteiger partial charge is 0.508 e. The van der Waals surface area contributed by atoms with E-state index in [1.807, 2.05) is 36.4 Å². The molecule has 4 aliphatic rings. The van der Waals surface area contributed by atoms with Gasteiger partial charge in [0.25, 0.3) is 0 Å². The Hall–Kier alpha value is -13.3. The lowest BCUT2D eigenvalue weighted by Gasteiger charge is -2.15. The van der Waals surface area contributed by atoms with Crippen molar-refractivity contribution < 1.29 is 43.0 Å². The molecule has 0 saturated heterocycles. The number of hydrogen-bond acceptors (Lipinski definition) is 13. The molecule has 6 aromatic carbocycles. The average Bonchev–Trinajstić information content (AvgIpc) is 1.61. The third-order valence-electron chi connectivity index (χ3n) is 21.3. The van der Waals surface area contributed by atoms with E-state index in [1.54, 1.807) is 12.1 Å². The smallest absolute Gasteiger partial charge is 0.123 e. The monoisotopic (exact) mass is 1670 g/mol. The van der Waals surface area contributed by atoms with Crippen molar-refractivity contribution in [3.8, 4) is 130 Å². The average molecular weight is 1670 g/mol. The van der Waals surface area contributed by atoms with Crippen molar-refractivity contribution in [1.29, 1.82) is 0 Å². The van der Waals surface area contributed by atoms with Crippen LogP contribution in [0.3, 0.4) is 0 Å². The second kappa shape index (κ2) is 37.4. The molecule has 5 N–H and O–H groups in total. The quantitative estimate of drug-likeness (QED) is 0.0274. The third kappa shape index (κ3) is 20.2. The van der Waals surface area contributed by atoms with Crippen LogP contribution in [-0.4, -0.2) is 97.8 Å². The van der Waals surface area contributed by atoms with Crippen LogP contribution in [0.25, 0.3) is 171 Å². The van der Waals surface area contributed by atoms with Crippen LogP contribution in [0.2, 0.25) is 0 Å². The Balaban J connectivity index is 0.981. The van der Waals surface area contributed by atoms with Crippen LogP contribution < -0.4 is 37.9 Å². The fourth-order valence-corrected chi connectivity index (χ4v) is 15.5. The van der Waals surface area contributed by atoms with Gasteiger partial charge in [-0.15, -0.1) is 0 Å². The number of nitrogens with one attached hydrogen (secondary N) is 4. The van der Waals surface area contributed by atoms with Crippen molar-refractivity contribution in [2.45, 2.75) is 111 Å². The maximum Gasteiger partial charge on any atom is 0.123 e. The first-order valence-corrected chi connectivity index (χ1v) is 44.1. The number of aromatic hydroxyl groups is 1. The lowest BCUT2D eigenvalue weighted by Crippen LogP contribution is -2.07. The first-order valence-electron chi connectivity index (χ1n) is 44.1. The Kier molecular flexibility index (Phi) is 25.5. The van der Waals surface area contributed by atoms with Crippen LogP contribution in [0, 0.1) is 47.3 Å². The molecule has 0 aliphatic carbocycles. The number of aromatic amines is 4. The molecule has 0 fully saturated rings. The summed E-state index contributed by atoms with van der Waals surface area (Å²) in [4.78, 5) is 38.6. The molecule has 125 heavy (non-hydrogen) atoms. The van der Waals surface area contributed by atoms with Gasteiger partial charge in [0, 0.05) is 107 Å². The minimum Gasteiger partial charge on any atom is -0.508 e. The van der Waals surface area contributed by atoms with Gasteiger partial charge >= 0.3 is 0 Å². The molecular formula is C108H114N8O9. The Morgan fingerprint density at radius 1 is 0.216 bits per heavy atom. The molecule has 6 aromatic heterocycles. The number of rotatable bonds is 31. The summed E-state index contributed by atoms with van der Waals surface area (Å²) in [6.07, 6.45) is 16.8. The molecule has 640 valence electrons. The fourth-order valence-electron chi connectivity index (χ4n) is 15.5. The molecule has 16 rings (SSSR count). The minimum atomic E-state index is 0.152. The highest BCUT2D eigenvalue weighted by Gasteiger charge is 2.26. The van der Waals surface area contributed by atoms with E-state index in [-0.39, 0.29) is 53.1 Å². The predicted molar refractivity (Wildman–Crippen MR) is 514 cm³/mol. The SMILES string of the molecule is CC(C)COc1cc(OCC(C)C)cc(-c2c3nc(c(-c4ccc(-c5c6nc(c(-c7cc(OCC(C)C)cc(OCC(C)C)c7)c7ccc([nH]7)c(-c7ccc(O)cc7)c7nc(c(-c8cc(OCC(C)C)cc(OCC(C)C)c8)c8ccc5[nH]8)C=C7)C=C6)cc4)c4ccc([nH]4)c(-c4cc(OCC(C)C)cc(OCC(C)C)c4)c4nc(cc5ccc2[nH]5)C=C4)C=C3)c1. The minimum absolute atomic E-state index is 0.152. The first-order chi connectivity index (χ1) is 60.3. The number of H-pyrrole nitrogens is 4. The van der Waals surface area contributed by atoms with E-state index >= 15 is 0 Å². The molecule has 0 amide bonds. The van der Waals surface area contributed by atoms with Crippen molar-refractivity contribution in [2.24, 2.45) is 47.3 Å². The van der Waals surface area contributed by atoms with Gasteiger partial charge in [-0.1, -0.05) is 147 Å². The molecule has 0 atom stereocenters. The van der Waals surface area contributed by atoms with E-state index in [9.17, 15) is 5.11 Å². The molecule has 17 nitrogen and oxygen atoms in total. The number of ether oxygens (including phenoxy) is 8. The van der Waals surface area contributed by atoms with Crippen molar-refractivity contribution in [2.75, 3.05) is 52.9 Å². The van der Waals surface area contributed by atoms with Crippen molar-refractivity contribution in [3.05, 3.63) is 221 Å². The van der Waals surface area contributed by atoms with E-state index in [4.69, 9.17) is 57.8 Å². The Morgan fingerprint density at radius 2 is 0.416 bits per heavy atom. The number of phenols is 1. The van der Waals surface area contributed by atoms with Crippen molar-refractivity contribution in [3.63, 3.8) is 0 Å². The Morgan fingerprint density at radius 3 is 0.656 bits per heavy atom. The van der Waals surface area contributed by atoms with Gasteiger partial charge in [0.2, 0.25) is 0 Å². The molecule has 0 radical (unpaired) electrons. The summed E-state index contributed by atoms with van der Waals surface area (Å²) in [7, 11) is 0. The number of benzene rings is 6. The lowest BCUT2D eigenvalue weighted by atomic mass is 9.98. The number of nitrogens with zero attached hydrogens (tertiary/aromatic N) is 4. The second-order valence-corrected chi connectivity index (χ2v) is 36.4. The topological polar surface area (TPSA) is 209 Å². The van der Waals surface area contributed by atoms with Crippen LogP contribution in [0.15, 0.2) is 176 Å². The maximum atomic E-state index is 10.8. The molecule has 17 heteroatoms. The number of hydrogen-bond donors (Lipinski definition) is 5. The van der Waals surface area contributed by atoms with Gasteiger partial charge in [-0.25, -0.2) is 19.9 Å². The summed E-state index contributed by atoms with van der Waals surface area (Å²) < 4.78 is 52.9. The normalized spacial score (nSPS) is 12.4. The van der Waals surface area contributed by atoms with Crippen LogP contribution in [0.1, 0.15) is 156 Å². The van der Waals surface area contributed by atoms with Crippen molar-refractivity contribution >= 4 is 92.7 Å². The molecule has 0 saturated carbocycles. The zero-order chi connectivity index (χ0) is 87.3. The summed E-state index contributed by atoms with van der Waals surface area (Å²) in [6, 6.07) is 59.9. The van der Waals surface area contributed by atoms with Gasteiger partial charge in [-0.05, 0) is 250 Å². The summed E-state index contributed by atoms with van der Waals surface area (Å²) in [5.41, 5.74) is 24.3. The summed E-state index contributed by atoms with van der Waals surface area (Å²) in [6.45, 7) is 38.5. The van der Waals surface area contributed by atoms with Gasteiger partial charge in [0.15, 0.2) is 0 Å². The zero-order valence-electron chi connectivity index (χ0n) is 74.6. The summed E-state index contributed by atoms with van der Waals surface area (Å²) in [5.74, 6) is 7.84. The first kappa shape index (κ1) is 85.3. The van der Waals surface area contributed by atoms with Gasteiger partial charge in [0.05, 0.1) is 98.4 Å². The van der Waals surface area contributed by atoms with Crippen LogP contribution in [-0.2, 0) is 0 Å². The van der Waals surface area contributed by atoms with Gasteiger partial charge in [0.1, 0.15) is 51.7 Å². The zero-order valence-corrected chi connectivity index (χ0v) is 74.6. The Bertz CT molecular complexity index is 6220. The molecule has 0 spiro atoms. The van der Waals surface area contributed by atoms with Gasteiger partial charge in [-0.2, -0.15) is 0 Å². The highest BCUT2D eigenvalue weighted by atomic mass is 16.5. The highest BCUT2D eigenvalue weighted by molar-refractivity contribution is 6.03. The van der Waals surface area contributed by atoms with E-state index in [0.717, 1.165) is 145 Å². The molecule has 10 heterocycles. The van der Waals surface area contributed by atoms with Crippen LogP contribution in [0.4, 0.5) is 0 Å². The maximum absolute atomic E-state index is 10.8. The number of aromatic nitrogens is 8. The number of fused-ring (bicyclic) bond motifs is 16. The van der Waals surface area contributed by atoms with E-state index in [2.05, 4.69) is 307 Å². The van der Waals surface area contributed by atoms with Gasteiger partial charge < -0.3 is 62.9 Å². The van der Waals surface area contributed by atoms with Crippen LogP contribution >= 0.6 is 0 Å². The molecule has 0 unspecified atom stereocenters. The molecule has 16 bridgehead atoms. The fraction of sp³-hybridized carbons (Fsp3) is 0.296. The lowest BCUT2D eigenvalue weighted by molar-refractivity contribution is 0.258. The second-order valence-electron chi connectivity index (χ2n) is 36.4. The third-order valence-corrected chi connectivity index (χ3v) is 21.3. The van der Waals surface area contributed by atoms with Crippen molar-refractivity contribution in [1.82, 2.24) is 39.9 Å².